The summed E-state index contributed by atoms with van der Waals surface area (Å²) >= 11 is 0. The Hall–Kier alpha value is -3.78. The van der Waals surface area contributed by atoms with Crippen molar-refractivity contribution < 1.29 is 23.8 Å². The maximum Gasteiger partial charge on any atom is 0.259 e. The second kappa shape index (κ2) is 11.5. The number of fused-ring (bicyclic) bond motifs is 1. The molecule has 0 radical (unpaired) electrons. The van der Waals surface area contributed by atoms with Gasteiger partial charge in [0.15, 0.2) is 0 Å². The summed E-state index contributed by atoms with van der Waals surface area (Å²) in [5, 5.41) is 9.85. The Morgan fingerprint density at radius 2 is 1.89 bits per heavy atom. The van der Waals surface area contributed by atoms with Crippen molar-refractivity contribution in [2.45, 2.75) is 32.4 Å². The normalized spacial score (nSPS) is 18.3. The molecule has 3 aromatic rings. The van der Waals surface area contributed by atoms with E-state index in [9.17, 15) is 19.1 Å². The largest absolute Gasteiger partial charge is 0.472 e. The topological polar surface area (TPSA) is 83.0 Å². The highest BCUT2D eigenvalue weighted by Gasteiger charge is 2.34. The van der Waals surface area contributed by atoms with Gasteiger partial charge in [0.05, 0.1) is 25.6 Å². The lowest BCUT2D eigenvalue weighted by molar-refractivity contribution is -0.130. The van der Waals surface area contributed by atoms with Gasteiger partial charge in [-0.05, 0) is 36.2 Å². The van der Waals surface area contributed by atoms with Gasteiger partial charge in [0, 0.05) is 31.3 Å². The van der Waals surface area contributed by atoms with Crippen LogP contribution in [0.3, 0.4) is 0 Å². The standard InChI is InChI=1S/C29H32FN3O4/c1-19-16-33(20(2)18-34)29(36)25-14-23(22-9-11-24(30)12-10-22)15-31-28(25)37-26(19)17-32(3)27(35)13-21-7-5-4-6-8-21/h4-12,14-15,19-20,26,34H,13,16-18H2,1-3H3/t19-,20-,26-/m1/s1. The Bertz CT molecular complexity index is 1240. The molecule has 1 aliphatic rings. The fourth-order valence-electron chi connectivity index (χ4n) is 4.40. The van der Waals surface area contributed by atoms with Gasteiger partial charge in [0.25, 0.3) is 5.91 Å². The van der Waals surface area contributed by atoms with Crippen molar-refractivity contribution >= 4 is 11.8 Å². The van der Waals surface area contributed by atoms with Crippen LogP contribution in [0.1, 0.15) is 29.8 Å². The molecule has 1 aliphatic heterocycles. The molecule has 7 nitrogen and oxygen atoms in total. The van der Waals surface area contributed by atoms with Gasteiger partial charge in [-0.1, -0.05) is 49.4 Å². The Morgan fingerprint density at radius 3 is 2.57 bits per heavy atom. The lowest BCUT2D eigenvalue weighted by atomic mass is 9.99. The van der Waals surface area contributed by atoms with Crippen molar-refractivity contribution in [3.63, 3.8) is 0 Å². The highest BCUT2D eigenvalue weighted by atomic mass is 19.1. The van der Waals surface area contributed by atoms with Crippen molar-refractivity contribution in [1.29, 1.82) is 0 Å². The second-order valence-electron chi connectivity index (χ2n) is 9.64. The van der Waals surface area contributed by atoms with Crippen molar-refractivity contribution in [2.24, 2.45) is 5.92 Å². The lowest BCUT2D eigenvalue weighted by Crippen LogP contribution is -2.50. The summed E-state index contributed by atoms with van der Waals surface area (Å²) in [4.78, 5) is 34.2. The second-order valence-corrected chi connectivity index (χ2v) is 9.64. The molecule has 8 heteroatoms. The van der Waals surface area contributed by atoms with Crippen molar-refractivity contribution in [3.05, 3.63) is 83.8 Å². The van der Waals surface area contributed by atoms with E-state index >= 15 is 0 Å². The van der Waals surface area contributed by atoms with Crippen LogP contribution >= 0.6 is 0 Å². The average molecular weight is 506 g/mol. The number of aliphatic hydroxyl groups excluding tert-OH is 1. The van der Waals surface area contributed by atoms with E-state index in [4.69, 9.17) is 4.74 Å². The maximum atomic E-state index is 13.6. The SMILES string of the molecule is C[C@@H]1CN([C@H](C)CO)C(=O)c2cc(-c3ccc(F)cc3)cnc2O[C@@H]1CN(C)C(=O)Cc1ccccc1. The van der Waals surface area contributed by atoms with E-state index in [1.165, 1.54) is 12.1 Å². The van der Waals surface area contributed by atoms with Crippen molar-refractivity contribution in [1.82, 2.24) is 14.8 Å². The number of pyridine rings is 1. The Balaban J connectivity index is 1.63. The van der Waals surface area contributed by atoms with Crippen LogP contribution in [0.25, 0.3) is 11.1 Å². The van der Waals surface area contributed by atoms with E-state index in [1.807, 2.05) is 37.3 Å². The summed E-state index contributed by atoms with van der Waals surface area (Å²) < 4.78 is 19.7. The molecule has 2 aromatic carbocycles. The predicted octanol–water partition coefficient (Wildman–Crippen LogP) is 3.81. The van der Waals surface area contributed by atoms with Crippen LogP contribution in [0.4, 0.5) is 4.39 Å². The van der Waals surface area contributed by atoms with Crippen molar-refractivity contribution in [2.75, 3.05) is 26.7 Å². The molecule has 0 fully saturated rings. The Kier molecular flexibility index (Phi) is 8.18. The number of nitrogens with zero attached hydrogens (tertiary/aromatic N) is 3. The number of hydrogen-bond donors (Lipinski definition) is 1. The van der Waals surface area contributed by atoms with E-state index in [0.717, 1.165) is 5.56 Å². The number of carbonyl (C=O) groups excluding carboxylic acids is 2. The van der Waals surface area contributed by atoms with Gasteiger partial charge in [-0.2, -0.15) is 0 Å². The number of carbonyl (C=O) groups is 2. The predicted molar refractivity (Wildman–Crippen MR) is 139 cm³/mol. The Labute approximate surface area is 216 Å². The summed E-state index contributed by atoms with van der Waals surface area (Å²) in [7, 11) is 1.74. The Morgan fingerprint density at radius 1 is 1.19 bits per heavy atom. The molecule has 0 saturated carbocycles. The molecule has 2 amide bonds. The monoisotopic (exact) mass is 505 g/mol. The minimum absolute atomic E-state index is 0.0411. The molecule has 0 bridgehead atoms. The zero-order valence-electron chi connectivity index (χ0n) is 21.3. The maximum absolute atomic E-state index is 13.6. The van der Waals surface area contributed by atoms with Gasteiger partial charge in [-0.3, -0.25) is 9.59 Å². The molecule has 0 aliphatic carbocycles. The summed E-state index contributed by atoms with van der Waals surface area (Å²) in [5.74, 6) is -0.663. The number of benzene rings is 2. The first-order valence-electron chi connectivity index (χ1n) is 12.4. The number of hydrogen-bond acceptors (Lipinski definition) is 5. The molecule has 0 unspecified atom stereocenters. The van der Waals surface area contributed by atoms with E-state index < -0.39 is 12.1 Å². The highest BCUT2D eigenvalue weighted by Crippen LogP contribution is 2.30. The van der Waals surface area contributed by atoms with Gasteiger partial charge in [0.2, 0.25) is 11.8 Å². The van der Waals surface area contributed by atoms with E-state index in [0.29, 0.717) is 24.2 Å². The van der Waals surface area contributed by atoms with Crippen LogP contribution in [0.15, 0.2) is 66.9 Å². The van der Waals surface area contributed by atoms with Gasteiger partial charge < -0.3 is 19.6 Å². The number of likely N-dealkylation sites (N-methyl/N-ethyl adjacent to an activating group) is 1. The third-order valence-electron chi connectivity index (χ3n) is 6.78. The van der Waals surface area contributed by atoms with Crippen LogP contribution in [0.5, 0.6) is 5.88 Å². The minimum atomic E-state index is -0.436. The molecule has 0 saturated heterocycles. The molecule has 3 atom stereocenters. The quantitative estimate of drug-likeness (QED) is 0.528. The number of ether oxygens (including phenoxy) is 1. The summed E-state index contributed by atoms with van der Waals surface area (Å²) in [6, 6.07) is 16.8. The summed E-state index contributed by atoms with van der Waals surface area (Å²) in [6.07, 6.45) is 1.43. The molecule has 194 valence electrons. The van der Waals surface area contributed by atoms with Gasteiger partial charge in [0.1, 0.15) is 17.5 Å². The summed E-state index contributed by atoms with van der Waals surface area (Å²) in [6.45, 7) is 4.20. The number of halogens is 1. The number of aliphatic hydroxyl groups is 1. The number of aromatic nitrogens is 1. The van der Waals surface area contributed by atoms with Crippen LogP contribution in [0, 0.1) is 11.7 Å². The van der Waals surface area contributed by atoms with Crippen LogP contribution in [-0.2, 0) is 11.2 Å². The molecular formula is C29H32FN3O4. The molecule has 37 heavy (non-hydrogen) atoms. The first-order chi connectivity index (χ1) is 17.8. The molecule has 1 N–H and O–H groups in total. The molecule has 4 rings (SSSR count). The lowest BCUT2D eigenvalue weighted by Gasteiger charge is -2.37. The average Bonchev–Trinajstić information content (AvgIpc) is 2.91. The van der Waals surface area contributed by atoms with E-state index in [1.54, 1.807) is 48.2 Å². The molecular weight excluding hydrogens is 473 g/mol. The summed E-state index contributed by atoms with van der Waals surface area (Å²) in [5.41, 5.74) is 2.55. The van der Waals surface area contributed by atoms with Gasteiger partial charge in [-0.25, -0.2) is 9.37 Å². The fraction of sp³-hybridized carbons (Fsp3) is 0.345. The first-order valence-corrected chi connectivity index (χ1v) is 12.4. The molecule has 2 heterocycles. The molecule has 0 spiro atoms. The van der Waals surface area contributed by atoms with Crippen molar-refractivity contribution in [3.8, 4) is 17.0 Å². The number of rotatable bonds is 7. The third-order valence-corrected chi connectivity index (χ3v) is 6.78. The van der Waals surface area contributed by atoms with E-state index in [2.05, 4.69) is 4.98 Å². The first kappa shape index (κ1) is 26.3. The van der Waals surface area contributed by atoms with E-state index in [-0.39, 0.29) is 48.0 Å². The van der Waals surface area contributed by atoms with Crippen LogP contribution in [0.2, 0.25) is 0 Å². The third kappa shape index (κ3) is 6.14. The zero-order chi connectivity index (χ0) is 26.5. The molecule has 1 aromatic heterocycles. The van der Waals surface area contributed by atoms with Crippen LogP contribution in [-0.4, -0.2) is 70.6 Å². The van der Waals surface area contributed by atoms with Gasteiger partial charge in [-0.15, -0.1) is 0 Å². The smallest absolute Gasteiger partial charge is 0.259 e. The fourth-order valence-corrected chi connectivity index (χ4v) is 4.40. The van der Waals surface area contributed by atoms with Crippen LogP contribution < -0.4 is 4.74 Å². The zero-order valence-corrected chi connectivity index (χ0v) is 21.3. The van der Waals surface area contributed by atoms with Gasteiger partial charge >= 0.3 is 0 Å². The highest BCUT2D eigenvalue weighted by molar-refractivity contribution is 5.98. The minimum Gasteiger partial charge on any atom is -0.472 e. The number of amides is 2.